The van der Waals surface area contributed by atoms with Crippen molar-refractivity contribution < 1.29 is 9.53 Å². The molecule has 1 aromatic rings. The minimum atomic E-state index is -0.466. The highest BCUT2D eigenvalue weighted by Gasteiger charge is 2.15. The molecule has 0 radical (unpaired) electrons. The van der Waals surface area contributed by atoms with Crippen LogP contribution in [0.25, 0.3) is 0 Å². The number of ether oxygens (including phenoxy) is 1. The third kappa shape index (κ3) is 4.40. The van der Waals surface area contributed by atoms with Gasteiger partial charge in [0.05, 0.1) is 0 Å². The molecule has 1 aromatic carbocycles. The van der Waals surface area contributed by atoms with E-state index in [2.05, 4.69) is 12.2 Å². The summed E-state index contributed by atoms with van der Waals surface area (Å²) in [4.78, 5) is 11.8. The summed E-state index contributed by atoms with van der Waals surface area (Å²) in [6, 6.07) is 8.05. The fourth-order valence-corrected chi connectivity index (χ4v) is 1.52. The van der Waals surface area contributed by atoms with Gasteiger partial charge in [-0.15, -0.1) is 0 Å². The van der Waals surface area contributed by atoms with Gasteiger partial charge in [-0.2, -0.15) is 0 Å². The van der Waals surface area contributed by atoms with Gasteiger partial charge in [0.25, 0.3) is 5.91 Å². The summed E-state index contributed by atoms with van der Waals surface area (Å²) in [6.45, 7) is 7.91. The quantitative estimate of drug-likeness (QED) is 0.841. The van der Waals surface area contributed by atoms with Crippen molar-refractivity contribution >= 4 is 5.91 Å². The predicted octanol–water partition coefficient (Wildman–Crippen LogP) is 2.93. The number of aryl methyl sites for hydroxylation is 1. The van der Waals surface area contributed by atoms with Crippen LogP contribution in [0.15, 0.2) is 24.3 Å². The number of amides is 1. The fraction of sp³-hybridized carbons (Fsp3) is 0.533. The maximum atomic E-state index is 11.8. The van der Waals surface area contributed by atoms with Crippen LogP contribution in [0.1, 0.15) is 39.7 Å². The topological polar surface area (TPSA) is 38.3 Å². The molecule has 2 atom stereocenters. The van der Waals surface area contributed by atoms with Crippen molar-refractivity contribution in [1.82, 2.24) is 5.32 Å². The SMILES string of the molecule is CCc1ccc(OC(C)C(=O)NC(C)CC)cc1. The average molecular weight is 249 g/mol. The van der Waals surface area contributed by atoms with Crippen LogP contribution in [0, 0.1) is 0 Å². The van der Waals surface area contributed by atoms with Gasteiger partial charge in [-0.3, -0.25) is 4.79 Å². The first-order chi connectivity index (χ1) is 8.56. The van der Waals surface area contributed by atoms with E-state index < -0.39 is 6.10 Å². The number of nitrogens with one attached hydrogen (secondary N) is 1. The first-order valence-corrected chi connectivity index (χ1v) is 6.62. The average Bonchev–Trinajstić information content (AvgIpc) is 2.39. The molecule has 1 amide bonds. The minimum absolute atomic E-state index is 0.0658. The van der Waals surface area contributed by atoms with Crippen LogP contribution in [-0.4, -0.2) is 18.1 Å². The Hall–Kier alpha value is -1.51. The smallest absolute Gasteiger partial charge is 0.260 e. The van der Waals surface area contributed by atoms with E-state index in [1.54, 1.807) is 6.92 Å². The van der Waals surface area contributed by atoms with Crippen molar-refractivity contribution in [1.29, 1.82) is 0 Å². The van der Waals surface area contributed by atoms with Crippen LogP contribution in [0.4, 0.5) is 0 Å². The molecule has 2 unspecified atom stereocenters. The Kier molecular flexibility index (Phi) is 5.69. The molecule has 0 aliphatic heterocycles. The fourth-order valence-electron chi connectivity index (χ4n) is 1.52. The molecule has 18 heavy (non-hydrogen) atoms. The van der Waals surface area contributed by atoms with E-state index in [1.165, 1.54) is 5.56 Å². The largest absolute Gasteiger partial charge is 0.481 e. The molecule has 0 fully saturated rings. The van der Waals surface area contributed by atoms with Crippen LogP contribution < -0.4 is 10.1 Å². The zero-order chi connectivity index (χ0) is 13.5. The third-order valence-electron chi connectivity index (χ3n) is 3.01. The van der Waals surface area contributed by atoms with E-state index in [9.17, 15) is 4.79 Å². The molecule has 0 aliphatic rings. The van der Waals surface area contributed by atoms with Crippen LogP contribution in [0.2, 0.25) is 0 Å². The van der Waals surface area contributed by atoms with Crippen LogP contribution in [0.3, 0.4) is 0 Å². The molecule has 0 spiro atoms. The lowest BCUT2D eigenvalue weighted by molar-refractivity contribution is -0.127. The van der Waals surface area contributed by atoms with Gasteiger partial charge in [-0.1, -0.05) is 26.0 Å². The Labute approximate surface area is 110 Å². The van der Waals surface area contributed by atoms with Crippen molar-refractivity contribution in [2.45, 2.75) is 52.7 Å². The summed E-state index contributed by atoms with van der Waals surface area (Å²) in [7, 11) is 0. The monoisotopic (exact) mass is 249 g/mol. The Balaban J connectivity index is 2.52. The van der Waals surface area contributed by atoms with Gasteiger partial charge in [0, 0.05) is 6.04 Å². The van der Waals surface area contributed by atoms with Crippen LogP contribution in [0.5, 0.6) is 5.75 Å². The van der Waals surface area contributed by atoms with Gasteiger partial charge in [-0.05, 0) is 44.4 Å². The molecule has 1 rings (SSSR count). The molecule has 100 valence electrons. The predicted molar refractivity (Wildman–Crippen MR) is 73.8 cm³/mol. The van der Waals surface area contributed by atoms with Gasteiger partial charge in [0.15, 0.2) is 6.10 Å². The molecule has 0 bridgehead atoms. The normalized spacial score (nSPS) is 13.8. The van der Waals surface area contributed by atoms with Crippen molar-refractivity contribution in [2.75, 3.05) is 0 Å². The Morgan fingerprint density at radius 1 is 1.22 bits per heavy atom. The Morgan fingerprint density at radius 2 is 1.83 bits per heavy atom. The molecule has 3 heteroatoms. The summed E-state index contributed by atoms with van der Waals surface area (Å²) >= 11 is 0. The van der Waals surface area contributed by atoms with Crippen molar-refractivity contribution in [2.24, 2.45) is 0 Å². The van der Waals surface area contributed by atoms with Gasteiger partial charge < -0.3 is 10.1 Å². The van der Waals surface area contributed by atoms with E-state index in [0.29, 0.717) is 0 Å². The second-order valence-electron chi connectivity index (χ2n) is 4.58. The summed E-state index contributed by atoms with van der Waals surface area (Å²) in [6.07, 6.45) is 1.46. The number of carbonyl (C=O) groups is 1. The first kappa shape index (κ1) is 14.6. The molecule has 0 saturated heterocycles. The second kappa shape index (κ2) is 7.04. The molecule has 0 heterocycles. The maximum Gasteiger partial charge on any atom is 0.260 e. The summed E-state index contributed by atoms with van der Waals surface area (Å²) in [5.41, 5.74) is 1.26. The van der Waals surface area contributed by atoms with E-state index in [-0.39, 0.29) is 11.9 Å². The molecule has 0 aromatic heterocycles. The molecule has 0 aliphatic carbocycles. The standard InChI is InChI=1S/C15H23NO2/c1-5-11(3)16-15(17)12(4)18-14-9-7-13(6-2)8-10-14/h7-12H,5-6H2,1-4H3,(H,16,17). The summed E-state index contributed by atoms with van der Waals surface area (Å²) in [5, 5.41) is 2.91. The van der Waals surface area contributed by atoms with Crippen molar-refractivity contribution in [3.05, 3.63) is 29.8 Å². The van der Waals surface area contributed by atoms with Gasteiger partial charge >= 0.3 is 0 Å². The highest BCUT2D eigenvalue weighted by Crippen LogP contribution is 2.14. The first-order valence-electron chi connectivity index (χ1n) is 6.62. The van der Waals surface area contributed by atoms with Crippen molar-refractivity contribution in [3.63, 3.8) is 0 Å². The highest BCUT2D eigenvalue weighted by molar-refractivity contribution is 5.80. The lowest BCUT2D eigenvalue weighted by atomic mass is 10.2. The van der Waals surface area contributed by atoms with Crippen LogP contribution >= 0.6 is 0 Å². The zero-order valence-electron chi connectivity index (χ0n) is 11.7. The molecule has 3 nitrogen and oxygen atoms in total. The van der Waals surface area contributed by atoms with E-state index >= 15 is 0 Å². The zero-order valence-corrected chi connectivity index (χ0v) is 11.7. The lowest BCUT2D eigenvalue weighted by Crippen LogP contribution is -2.40. The van der Waals surface area contributed by atoms with Crippen LogP contribution in [-0.2, 0) is 11.2 Å². The Morgan fingerprint density at radius 3 is 2.33 bits per heavy atom. The van der Waals surface area contributed by atoms with Gasteiger partial charge in [-0.25, -0.2) is 0 Å². The number of rotatable bonds is 6. The molecule has 1 N–H and O–H groups in total. The summed E-state index contributed by atoms with van der Waals surface area (Å²) < 4.78 is 5.61. The maximum absolute atomic E-state index is 11.8. The van der Waals surface area contributed by atoms with E-state index in [4.69, 9.17) is 4.74 Å². The number of hydrogen-bond acceptors (Lipinski definition) is 2. The highest BCUT2D eigenvalue weighted by atomic mass is 16.5. The summed E-state index contributed by atoms with van der Waals surface area (Å²) in [5.74, 6) is 0.669. The van der Waals surface area contributed by atoms with Crippen molar-refractivity contribution in [3.8, 4) is 5.75 Å². The van der Waals surface area contributed by atoms with E-state index in [0.717, 1.165) is 18.6 Å². The van der Waals surface area contributed by atoms with E-state index in [1.807, 2.05) is 38.1 Å². The number of hydrogen-bond donors (Lipinski definition) is 1. The molecular formula is C15H23NO2. The molecule has 0 saturated carbocycles. The lowest BCUT2D eigenvalue weighted by Gasteiger charge is -2.17. The number of benzene rings is 1. The second-order valence-corrected chi connectivity index (χ2v) is 4.58. The molecular weight excluding hydrogens is 226 g/mol. The van der Waals surface area contributed by atoms with Gasteiger partial charge in [0.1, 0.15) is 5.75 Å². The third-order valence-corrected chi connectivity index (χ3v) is 3.01. The Bertz CT molecular complexity index is 373. The minimum Gasteiger partial charge on any atom is -0.481 e. The van der Waals surface area contributed by atoms with Gasteiger partial charge in [0.2, 0.25) is 0 Å². The number of carbonyl (C=O) groups excluding carboxylic acids is 1.